The fourth-order valence-electron chi connectivity index (χ4n) is 6.61. The number of phosphoric ester groups is 1. The summed E-state index contributed by atoms with van der Waals surface area (Å²) in [6.45, 7) is 3.70. The number of rotatable bonds is 36. The average molecular weight is 807 g/mol. The minimum atomic E-state index is -5.03. The van der Waals surface area contributed by atoms with Crippen LogP contribution in [0.1, 0.15) is 181 Å². The summed E-state index contributed by atoms with van der Waals surface area (Å²) in [7, 11) is -5.03. The van der Waals surface area contributed by atoms with Gasteiger partial charge in [-0.25, -0.2) is 4.57 Å². The molecule has 8 atom stereocenters. The second kappa shape index (κ2) is 33.6. The molecule has 0 aromatic carbocycles. The monoisotopic (exact) mass is 807 g/mol. The number of allylic oxidation sites excluding steroid dienone is 3. The molecule has 0 heterocycles. The van der Waals surface area contributed by atoms with Crippen molar-refractivity contribution < 1.29 is 58.3 Å². The van der Waals surface area contributed by atoms with Crippen LogP contribution >= 0.6 is 7.82 Å². The Balaban J connectivity index is 2.46. The number of carbonyl (C=O) groups is 1. The highest BCUT2D eigenvalue weighted by Crippen LogP contribution is 2.47. The molecule has 13 heteroatoms. The largest absolute Gasteiger partial charge is 0.498 e. The molecule has 12 nitrogen and oxygen atoms in total. The molecule has 0 aliphatic heterocycles. The van der Waals surface area contributed by atoms with E-state index >= 15 is 0 Å². The van der Waals surface area contributed by atoms with Gasteiger partial charge in [-0.2, -0.15) is 0 Å². The van der Waals surface area contributed by atoms with Crippen molar-refractivity contribution in [3.63, 3.8) is 0 Å². The number of carbonyl (C=O) groups excluding carboxylic acids is 1. The van der Waals surface area contributed by atoms with Gasteiger partial charge >= 0.3 is 13.8 Å². The van der Waals surface area contributed by atoms with E-state index in [1.54, 1.807) is 0 Å². The number of hydrogen-bond donors (Lipinski definition) is 6. The smallest absolute Gasteiger partial charge is 0.472 e. The topological polar surface area (TPSA) is 192 Å². The van der Waals surface area contributed by atoms with Crippen LogP contribution in [0.3, 0.4) is 0 Å². The van der Waals surface area contributed by atoms with Gasteiger partial charge in [0, 0.05) is 6.42 Å². The number of ether oxygens (including phenoxy) is 2. The number of esters is 1. The van der Waals surface area contributed by atoms with Crippen LogP contribution in [-0.2, 0) is 27.9 Å². The van der Waals surface area contributed by atoms with Crippen molar-refractivity contribution in [2.45, 2.75) is 224 Å². The number of aliphatic hydroxyl groups excluding tert-OH is 5. The van der Waals surface area contributed by atoms with Crippen LogP contribution in [-0.4, -0.2) is 92.3 Å². The van der Waals surface area contributed by atoms with Crippen molar-refractivity contribution in [2.75, 3.05) is 13.2 Å². The quantitative estimate of drug-likeness (QED) is 0.0117. The second-order valence-corrected chi connectivity index (χ2v) is 16.7. The minimum absolute atomic E-state index is 0.161. The molecule has 0 aromatic rings. The van der Waals surface area contributed by atoms with Gasteiger partial charge in [-0.1, -0.05) is 142 Å². The average Bonchev–Trinajstić information content (AvgIpc) is 3.17. The maximum absolute atomic E-state index is 12.8. The van der Waals surface area contributed by atoms with E-state index < -0.39 is 63.1 Å². The van der Waals surface area contributed by atoms with Crippen LogP contribution in [0.15, 0.2) is 24.5 Å². The molecule has 55 heavy (non-hydrogen) atoms. The van der Waals surface area contributed by atoms with E-state index in [0.29, 0.717) is 6.42 Å². The summed E-state index contributed by atoms with van der Waals surface area (Å²) in [5, 5.41) is 50.0. The Morgan fingerprint density at radius 3 is 1.44 bits per heavy atom. The van der Waals surface area contributed by atoms with Gasteiger partial charge in [-0.3, -0.25) is 13.8 Å². The lowest BCUT2D eigenvalue weighted by Crippen LogP contribution is -2.64. The first-order valence-electron chi connectivity index (χ1n) is 21.7. The van der Waals surface area contributed by atoms with Crippen LogP contribution in [0.5, 0.6) is 0 Å². The lowest BCUT2D eigenvalue weighted by molar-refractivity contribution is -0.220. The Hall–Kier alpha value is -1.34. The van der Waals surface area contributed by atoms with Gasteiger partial charge in [0.1, 0.15) is 43.2 Å². The summed E-state index contributed by atoms with van der Waals surface area (Å²) < 4.78 is 33.8. The highest BCUT2D eigenvalue weighted by Gasteiger charge is 2.51. The zero-order chi connectivity index (χ0) is 40.6. The molecule has 0 spiro atoms. The highest BCUT2D eigenvalue weighted by atomic mass is 31.2. The second-order valence-electron chi connectivity index (χ2n) is 15.3. The fraction of sp³-hybridized carbons (Fsp3) is 0.881. The lowest BCUT2D eigenvalue weighted by atomic mass is 9.85. The van der Waals surface area contributed by atoms with E-state index in [0.717, 1.165) is 57.8 Å². The van der Waals surface area contributed by atoms with E-state index in [1.165, 1.54) is 103 Å². The minimum Gasteiger partial charge on any atom is -0.498 e. The SMILES string of the molecule is CCCCCCC/C=C\CCCCCCCC(=O)O[C@H](CO/C=C\CCCCCCCCCCCCCC)COP(=O)(O)OC1C(O)C(O)C(O)[C@@H](O)C1O. The Kier molecular flexibility index (Phi) is 31.6. The Bertz CT molecular complexity index is 1010. The van der Waals surface area contributed by atoms with Crippen molar-refractivity contribution in [3.8, 4) is 0 Å². The Morgan fingerprint density at radius 2 is 0.964 bits per heavy atom. The first kappa shape index (κ1) is 51.7. The van der Waals surface area contributed by atoms with E-state index in [4.69, 9.17) is 18.5 Å². The van der Waals surface area contributed by atoms with Crippen LogP contribution in [0.4, 0.5) is 0 Å². The molecular formula is C42H79O12P. The zero-order valence-corrected chi connectivity index (χ0v) is 35.1. The van der Waals surface area contributed by atoms with Gasteiger partial charge in [0.2, 0.25) is 0 Å². The van der Waals surface area contributed by atoms with Crippen molar-refractivity contribution in [1.29, 1.82) is 0 Å². The number of hydrogen-bond acceptors (Lipinski definition) is 11. The van der Waals surface area contributed by atoms with Crippen LogP contribution in [0.2, 0.25) is 0 Å². The molecule has 1 aliphatic carbocycles. The summed E-state index contributed by atoms with van der Waals surface area (Å²) in [4.78, 5) is 23.0. The normalized spacial score (nSPS) is 23.3. The molecule has 1 fully saturated rings. The number of unbranched alkanes of at least 4 members (excludes halogenated alkanes) is 22. The van der Waals surface area contributed by atoms with Crippen molar-refractivity contribution >= 4 is 13.8 Å². The van der Waals surface area contributed by atoms with Crippen LogP contribution < -0.4 is 0 Å². The molecule has 0 bridgehead atoms. The Morgan fingerprint density at radius 1 is 0.564 bits per heavy atom. The van der Waals surface area contributed by atoms with Gasteiger partial charge < -0.3 is 39.9 Å². The molecule has 0 aromatic heterocycles. The van der Waals surface area contributed by atoms with E-state index in [9.17, 15) is 39.8 Å². The first-order valence-corrected chi connectivity index (χ1v) is 23.2. The van der Waals surface area contributed by atoms with E-state index in [1.807, 2.05) is 6.08 Å². The third kappa shape index (κ3) is 26.3. The van der Waals surface area contributed by atoms with Crippen molar-refractivity contribution in [1.82, 2.24) is 0 Å². The fourth-order valence-corrected chi connectivity index (χ4v) is 7.58. The summed E-state index contributed by atoms with van der Waals surface area (Å²) in [5.41, 5.74) is 0. The maximum Gasteiger partial charge on any atom is 0.472 e. The van der Waals surface area contributed by atoms with Gasteiger partial charge in [-0.15, -0.1) is 0 Å². The number of aliphatic hydroxyl groups is 5. The zero-order valence-electron chi connectivity index (χ0n) is 34.2. The van der Waals surface area contributed by atoms with E-state index in [-0.39, 0.29) is 13.0 Å². The molecule has 1 rings (SSSR count). The number of phosphoric acid groups is 1. The molecule has 6 N–H and O–H groups in total. The van der Waals surface area contributed by atoms with Gasteiger partial charge in [-0.05, 0) is 51.0 Å². The summed E-state index contributed by atoms with van der Waals surface area (Å²) >= 11 is 0. The third-order valence-corrected chi connectivity index (χ3v) is 11.1. The molecule has 324 valence electrons. The summed E-state index contributed by atoms with van der Waals surface area (Å²) in [6, 6.07) is 0. The van der Waals surface area contributed by atoms with Crippen molar-refractivity contribution in [3.05, 3.63) is 24.5 Å². The molecule has 0 radical (unpaired) electrons. The van der Waals surface area contributed by atoms with Crippen molar-refractivity contribution in [2.24, 2.45) is 0 Å². The maximum atomic E-state index is 12.8. The molecule has 6 unspecified atom stereocenters. The third-order valence-electron chi connectivity index (χ3n) is 10.1. The molecule has 0 amide bonds. The molecule has 1 saturated carbocycles. The van der Waals surface area contributed by atoms with Gasteiger partial charge in [0.25, 0.3) is 0 Å². The summed E-state index contributed by atoms with van der Waals surface area (Å²) in [5.74, 6) is -0.508. The standard InChI is InChI=1S/C42H79O12P/c1-3-5-7-9-11-13-15-17-19-21-23-25-27-29-31-36(43)53-35(33-51-32-30-28-26-24-22-20-18-16-14-12-10-8-6-4-2)34-52-55(49,50)54-42-40(47)38(45)37(44)39(46)41(42)48/h15,17,30,32,35,37-42,44-48H,3-14,16,18-29,31,33-34H2,1-2H3,(H,49,50)/b17-15-,32-30-/t35-,37?,38-,39?,40?,41?,42?/m1/s1. The van der Waals surface area contributed by atoms with E-state index in [2.05, 4.69) is 26.0 Å². The highest BCUT2D eigenvalue weighted by molar-refractivity contribution is 7.47. The molecule has 1 aliphatic rings. The van der Waals surface area contributed by atoms with Gasteiger partial charge in [0.05, 0.1) is 12.9 Å². The lowest BCUT2D eigenvalue weighted by Gasteiger charge is -2.41. The van der Waals surface area contributed by atoms with Gasteiger partial charge in [0.15, 0.2) is 6.10 Å². The van der Waals surface area contributed by atoms with Crippen LogP contribution in [0.25, 0.3) is 0 Å². The Labute approximate surface area is 332 Å². The molecular weight excluding hydrogens is 727 g/mol. The van der Waals surface area contributed by atoms with Crippen LogP contribution in [0, 0.1) is 0 Å². The predicted molar refractivity (Wildman–Crippen MR) is 216 cm³/mol. The molecule has 0 saturated heterocycles. The first-order chi connectivity index (χ1) is 26.5. The summed E-state index contributed by atoms with van der Waals surface area (Å²) in [6.07, 6.45) is 24.7. The predicted octanol–water partition coefficient (Wildman–Crippen LogP) is 8.49.